The Morgan fingerprint density at radius 3 is 2.07 bits per heavy atom. The van der Waals surface area contributed by atoms with Crippen molar-refractivity contribution in [3.05, 3.63) is 60.2 Å². The number of benzene rings is 2. The quantitative estimate of drug-likeness (QED) is 0.348. The molecule has 0 bridgehead atoms. The number of carbonyl (C=O) groups excluding carboxylic acids is 3. The van der Waals surface area contributed by atoms with Crippen molar-refractivity contribution in [1.29, 1.82) is 0 Å². The lowest BCUT2D eigenvalue weighted by Gasteiger charge is -2.05. The zero-order chi connectivity index (χ0) is 22.5. The van der Waals surface area contributed by atoms with Gasteiger partial charge in [-0.2, -0.15) is 0 Å². The van der Waals surface area contributed by atoms with E-state index in [4.69, 9.17) is 21.7 Å². The van der Waals surface area contributed by atoms with Crippen LogP contribution in [0.1, 0.15) is 5.56 Å². The first-order chi connectivity index (χ1) is 14.2. The van der Waals surface area contributed by atoms with Crippen molar-refractivity contribution >= 4 is 29.6 Å². The third-order valence-corrected chi connectivity index (χ3v) is 3.41. The number of anilines is 1. The third-order valence-electron chi connectivity index (χ3n) is 3.41. The molecule has 5 amide bonds. The number of rotatable bonds is 4. The molecular weight excluding hydrogens is 394 g/mol. The van der Waals surface area contributed by atoms with E-state index in [-0.39, 0.29) is 24.6 Å². The minimum atomic E-state index is -1.02. The lowest BCUT2D eigenvalue weighted by Crippen LogP contribution is -2.32. The number of phenolic OH excluding ortho intramolecular Hbond substituents is 1. The molecule has 1 unspecified atom stereocenters. The van der Waals surface area contributed by atoms with Crippen LogP contribution < -0.4 is 27.4 Å². The fourth-order valence-corrected chi connectivity index (χ4v) is 2.01. The SMILES string of the molecule is NC(=O)Nc1ccccc1.NC(Cc1ccc(O)cc1)C(=O)O.O=C1CNC(=O)N1. The van der Waals surface area contributed by atoms with Gasteiger partial charge in [0.2, 0.25) is 5.91 Å². The second-order valence-corrected chi connectivity index (χ2v) is 5.90. The van der Waals surface area contributed by atoms with Crippen LogP contribution >= 0.6 is 0 Å². The van der Waals surface area contributed by atoms with Crippen LogP contribution in [0, 0.1) is 0 Å². The van der Waals surface area contributed by atoms with E-state index >= 15 is 0 Å². The molecule has 1 aliphatic heterocycles. The van der Waals surface area contributed by atoms with Crippen LogP contribution in [0.25, 0.3) is 0 Å². The number of hydrogen-bond donors (Lipinski definition) is 7. The largest absolute Gasteiger partial charge is 0.508 e. The van der Waals surface area contributed by atoms with Gasteiger partial charge in [-0.3, -0.25) is 14.9 Å². The summed E-state index contributed by atoms with van der Waals surface area (Å²) in [6.07, 6.45) is 0.273. The number of para-hydroxylation sites is 1. The molecule has 11 nitrogen and oxygen atoms in total. The lowest BCUT2D eigenvalue weighted by molar-refractivity contribution is -0.138. The van der Waals surface area contributed by atoms with Gasteiger partial charge in [0.15, 0.2) is 0 Å². The zero-order valence-corrected chi connectivity index (χ0v) is 15.9. The number of nitrogens with one attached hydrogen (secondary N) is 3. The molecule has 0 aromatic heterocycles. The van der Waals surface area contributed by atoms with Gasteiger partial charge >= 0.3 is 18.0 Å². The molecule has 2 aromatic carbocycles. The second-order valence-electron chi connectivity index (χ2n) is 5.90. The maximum absolute atomic E-state index is 10.4. The number of imide groups is 1. The van der Waals surface area contributed by atoms with Crippen LogP contribution in [0.15, 0.2) is 54.6 Å². The van der Waals surface area contributed by atoms with Crippen molar-refractivity contribution in [2.45, 2.75) is 12.5 Å². The second kappa shape index (κ2) is 12.4. The average Bonchev–Trinajstić information content (AvgIpc) is 3.07. The maximum Gasteiger partial charge on any atom is 0.321 e. The van der Waals surface area contributed by atoms with Crippen molar-refractivity contribution in [1.82, 2.24) is 10.6 Å². The summed E-state index contributed by atoms with van der Waals surface area (Å²) in [6.45, 7) is 0.124. The number of amides is 5. The predicted octanol–water partition coefficient (Wildman–Crippen LogP) is 0.350. The molecule has 0 spiro atoms. The molecular formula is C19H23N5O6. The minimum absolute atomic E-state index is 0.124. The van der Waals surface area contributed by atoms with Gasteiger partial charge in [-0.05, 0) is 36.2 Å². The molecule has 1 atom stereocenters. The number of hydrogen-bond acceptors (Lipinski definition) is 6. The van der Waals surface area contributed by atoms with Crippen molar-refractivity contribution in [3.8, 4) is 5.75 Å². The van der Waals surface area contributed by atoms with Crippen LogP contribution in [-0.4, -0.2) is 46.7 Å². The van der Waals surface area contributed by atoms with E-state index in [9.17, 15) is 19.2 Å². The van der Waals surface area contributed by atoms with E-state index in [1.165, 1.54) is 12.1 Å². The van der Waals surface area contributed by atoms with Crippen LogP contribution in [-0.2, 0) is 16.0 Å². The molecule has 0 saturated carbocycles. The minimum Gasteiger partial charge on any atom is -0.508 e. The fourth-order valence-electron chi connectivity index (χ4n) is 2.01. The lowest BCUT2D eigenvalue weighted by atomic mass is 10.1. The summed E-state index contributed by atoms with van der Waals surface area (Å²) in [6, 6.07) is 13.5. The Hall–Kier alpha value is -4.12. The fraction of sp³-hybridized carbons (Fsp3) is 0.158. The number of urea groups is 2. The third kappa shape index (κ3) is 10.3. The van der Waals surface area contributed by atoms with Crippen LogP contribution in [0.2, 0.25) is 0 Å². The Labute approximate surface area is 172 Å². The number of carboxylic acids is 1. The monoisotopic (exact) mass is 417 g/mol. The van der Waals surface area contributed by atoms with Crippen LogP contribution in [0.4, 0.5) is 15.3 Å². The van der Waals surface area contributed by atoms with E-state index in [0.29, 0.717) is 0 Å². The molecule has 160 valence electrons. The number of phenols is 1. The van der Waals surface area contributed by atoms with Gasteiger partial charge in [0.05, 0.1) is 6.54 Å². The van der Waals surface area contributed by atoms with Gasteiger partial charge in [-0.1, -0.05) is 30.3 Å². The first-order valence-corrected chi connectivity index (χ1v) is 8.63. The summed E-state index contributed by atoms with van der Waals surface area (Å²) < 4.78 is 0. The number of aliphatic carboxylic acids is 1. The molecule has 9 N–H and O–H groups in total. The van der Waals surface area contributed by atoms with E-state index in [1.807, 2.05) is 23.5 Å². The summed E-state index contributed by atoms with van der Waals surface area (Å²) in [4.78, 5) is 40.7. The Bertz CT molecular complexity index is 843. The topological polar surface area (TPSA) is 197 Å². The Morgan fingerprint density at radius 2 is 1.67 bits per heavy atom. The van der Waals surface area contributed by atoms with Gasteiger partial charge < -0.3 is 32.3 Å². The van der Waals surface area contributed by atoms with Gasteiger partial charge in [0.25, 0.3) is 0 Å². The molecule has 1 aliphatic rings. The normalized spacial score (nSPS) is 12.7. The zero-order valence-electron chi connectivity index (χ0n) is 15.9. The highest BCUT2D eigenvalue weighted by molar-refractivity contribution is 6.01. The molecule has 1 heterocycles. The Balaban J connectivity index is 0.000000235. The molecule has 0 radical (unpaired) electrons. The van der Waals surface area contributed by atoms with Crippen LogP contribution in [0.3, 0.4) is 0 Å². The molecule has 30 heavy (non-hydrogen) atoms. The summed E-state index contributed by atoms with van der Waals surface area (Å²) >= 11 is 0. The van der Waals surface area contributed by atoms with E-state index in [1.54, 1.807) is 24.3 Å². The van der Waals surface area contributed by atoms with Crippen molar-refractivity contribution in [3.63, 3.8) is 0 Å². The number of carbonyl (C=O) groups is 4. The predicted molar refractivity (Wildman–Crippen MR) is 109 cm³/mol. The number of nitrogens with two attached hydrogens (primary N) is 2. The molecule has 0 aliphatic carbocycles. The van der Waals surface area contributed by atoms with Gasteiger partial charge in [0, 0.05) is 5.69 Å². The number of primary amides is 1. The van der Waals surface area contributed by atoms with Crippen molar-refractivity contribution < 1.29 is 29.4 Å². The van der Waals surface area contributed by atoms with Gasteiger partial charge in [0.1, 0.15) is 11.8 Å². The molecule has 1 fully saturated rings. The molecule has 2 aromatic rings. The van der Waals surface area contributed by atoms with Crippen LogP contribution in [0.5, 0.6) is 5.75 Å². The van der Waals surface area contributed by atoms with E-state index < -0.39 is 24.1 Å². The number of carboxylic acid groups (broad SMARTS) is 1. The van der Waals surface area contributed by atoms with E-state index in [2.05, 4.69) is 10.6 Å². The van der Waals surface area contributed by atoms with Gasteiger partial charge in [-0.15, -0.1) is 0 Å². The summed E-state index contributed by atoms with van der Waals surface area (Å²) in [5.74, 6) is -1.12. The van der Waals surface area contributed by atoms with Crippen molar-refractivity contribution in [2.75, 3.05) is 11.9 Å². The highest BCUT2D eigenvalue weighted by atomic mass is 16.4. The molecule has 11 heteroatoms. The first kappa shape index (κ1) is 23.9. The maximum atomic E-state index is 10.4. The molecule has 1 saturated heterocycles. The standard InChI is InChI=1S/C9H11NO3.C7H8N2O.C3H4N2O2/c10-8(9(12)13)5-6-1-3-7(11)4-2-6;8-7(10)9-6-4-2-1-3-5-6;6-2-1-4-3(7)5-2/h1-4,8,11H,5,10H2,(H,12,13);1-5H,(H3,8,9,10);1H2,(H2,4,5,6,7). The smallest absolute Gasteiger partial charge is 0.321 e. The average molecular weight is 417 g/mol. The number of aromatic hydroxyl groups is 1. The summed E-state index contributed by atoms with van der Waals surface area (Å²) in [5.41, 5.74) is 11.7. The summed E-state index contributed by atoms with van der Waals surface area (Å²) in [7, 11) is 0. The molecule has 3 rings (SSSR count). The highest BCUT2D eigenvalue weighted by Crippen LogP contribution is 2.10. The Morgan fingerprint density at radius 1 is 1.07 bits per heavy atom. The van der Waals surface area contributed by atoms with Crippen molar-refractivity contribution in [2.24, 2.45) is 11.5 Å². The first-order valence-electron chi connectivity index (χ1n) is 8.63. The Kier molecular flexibility index (Phi) is 9.85. The summed E-state index contributed by atoms with van der Waals surface area (Å²) in [5, 5.41) is 24.2. The van der Waals surface area contributed by atoms with E-state index in [0.717, 1.165) is 11.3 Å². The van der Waals surface area contributed by atoms with Gasteiger partial charge in [-0.25, -0.2) is 9.59 Å². The highest BCUT2D eigenvalue weighted by Gasteiger charge is 2.14.